The summed E-state index contributed by atoms with van der Waals surface area (Å²) >= 11 is 0. The highest BCUT2D eigenvalue weighted by Crippen LogP contribution is 2.39. The first-order valence-corrected chi connectivity index (χ1v) is 12.2. The Morgan fingerprint density at radius 3 is 2.58 bits per heavy atom. The smallest absolute Gasteiger partial charge is 0.310 e. The third-order valence-corrected chi connectivity index (χ3v) is 6.63. The monoisotopic (exact) mass is 497 g/mol. The van der Waals surface area contributed by atoms with Crippen LogP contribution in [0.4, 0.5) is 4.39 Å². The van der Waals surface area contributed by atoms with Crippen LogP contribution >= 0.6 is 0 Å². The fraction of sp³-hybridized carbons (Fsp3) is 0.444. The van der Waals surface area contributed by atoms with Crippen molar-refractivity contribution in [2.45, 2.75) is 32.2 Å². The number of likely N-dealkylation sites (tertiary alicyclic amines) is 1. The summed E-state index contributed by atoms with van der Waals surface area (Å²) in [4.78, 5) is 27.8. The predicted molar refractivity (Wildman–Crippen MR) is 132 cm³/mol. The largest absolute Gasteiger partial charge is 0.497 e. The van der Waals surface area contributed by atoms with Crippen LogP contribution in [0, 0.1) is 11.7 Å². The van der Waals surface area contributed by atoms with Gasteiger partial charge in [-0.15, -0.1) is 0 Å². The molecule has 36 heavy (non-hydrogen) atoms. The fourth-order valence-corrected chi connectivity index (χ4v) is 4.81. The van der Waals surface area contributed by atoms with Gasteiger partial charge in [-0.3, -0.25) is 14.5 Å². The van der Waals surface area contributed by atoms with Gasteiger partial charge in [0.1, 0.15) is 17.3 Å². The second kappa shape index (κ2) is 11.5. The zero-order valence-corrected chi connectivity index (χ0v) is 20.9. The van der Waals surface area contributed by atoms with E-state index in [1.54, 1.807) is 39.3 Å². The Morgan fingerprint density at radius 2 is 1.89 bits per heavy atom. The number of benzene rings is 2. The molecule has 4 rings (SSSR count). The standard InChI is InChI=1S/C27H32FN3O5/c1-4-36-27(33)19-6-5-13-30(16-19)17-26(32)31-24(22-12-11-21(34-2)14-25(22)35-3)15-23(29-31)18-7-9-20(28)10-8-18/h7-12,14,19,24H,4-6,13,15-17H2,1-3H3. The average molecular weight is 498 g/mol. The summed E-state index contributed by atoms with van der Waals surface area (Å²) in [6, 6.07) is 11.2. The number of hydrazone groups is 1. The summed E-state index contributed by atoms with van der Waals surface area (Å²) in [5.41, 5.74) is 2.24. The molecule has 9 heteroatoms. The van der Waals surface area contributed by atoms with Gasteiger partial charge >= 0.3 is 5.97 Å². The van der Waals surface area contributed by atoms with Crippen molar-refractivity contribution in [2.75, 3.05) is 40.5 Å². The molecule has 8 nitrogen and oxygen atoms in total. The van der Waals surface area contributed by atoms with Crippen LogP contribution in [0.15, 0.2) is 47.6 Å². The van der Waals surface area contributed by atoms with Crippen molar-refractivity contribution in [1.82, 2.24) is 9.91 Å². The van der Waals surface area contributed by atoms with Crippen molar-refractivity contribution in [3.8, 4) is 11.5 Å². The predicted octanol–water partition coefficient (Wildman–Crippen LogP) is 3.80. The van der Waals surface area contributed by atoms with E-state index in [9.17, 15) is 14.0 Å². The third kappa shape index (κ3) is 5.67. The molecule has 2 aromatic carbocycles. The van der Waals surface area contributed by atoms with Crippen LogP contribution in [0.2, 0.25) is 0 Å². The molecule has 1 amide bonds. The first-order valence-electron chi connectivity index (χ1n) is 12.2. The van der Waals surface area contributed by atoms with Crippen LogP contribution in [-0.4, -0.2) is 68.0 Å². The molecular weight excluding hydrogens is 465 g/mol. The number of carbonyl (C=O) groups is 2. The minimum Gasteiger partial charge on any atom is -0.497 e. The minimum atomic E-state index is -0.399. The highest BCUT2D eigenvalue weighted by atomic mass is 19.1. The summed E-state index contributed by atoms with van der Waals surface area (Å²) in [5.74, 6) is 0.269. The number of amides is 1. The van der Waals surface area contributed by atoms with E-state index >= 15 is 0 Å². The number of halogens is 1. The van der Waals surface area contributed by atoms with Gasteiger partial charge in [0.05, 0.1) is 45.0 Å². The number of rotatable bonds is 8. The van der Waals surface area contributed by atoms with Crippen molar-refractivity contribution >= 4 is 17.6 Å². The highest BCUT2D eigenvalue weighted by Gasteiger charge is 2.36. The van der Waals surface area contributed by atoms with Crippen LogP contribution in [0.5, 0.6) is 11.5 Å². The molecule has 0 saturated carbocycles. The molecule has 0 spiro atoms. The maximum Gasteiger partial charge on any atom is 0.310 e. The average Bonchev–Trinajstić information content (AvgIpc) is 3.34. The van der Waals surface area contributed by atoms with E-state index < -0.39 is 6.04 Å². The topological polar surface area (TPSA) is 80.7 Å². The Bertz CT molecular complexity index is 1120. The molecule has 192 valence electrons. The Labute approximate surface area is 210 Å². The van der Waals surface area contributed by atoms with Crippen LogP contribution in [0.3, 0.4) is 0 Å². The number of nitrogens with zero attached hydrogens (tertiary/aromatic N) is 3. The van der Waals surface area contributed by atoms with Gasteiger partial charge in [0, 0.05) is 24.6 Å². The first kappa shape index (κ1) is 25.6. The summed E-state index contributed by atoms with van der Waals surface area (Å²) in [6.07, 6.45) is 2.02. The van der Waals surface area contributed by atoms with Gasteiger partial charge in [0.2, 0.25) is 0 Å². The normalized spacial score (nSPS) is 20.1. The number of piperidine rings is 1. The molecule has 1 fully saturated rings. The Hall–Kier alpha value is -3.46. The summed E-state index contributed by atoms with van der Waals surface area (Å²) in [7, 11) is 3.15. The van der Waals surface area contributed by atoms with Gasteiger partial charge in [0.15, 0.2) is 0 Å². The lowest BCUT2D eigenvalue weighted by Crippen LogP contribution is -2.44. The number of hydrogen-bond donors (Lipinski definition) is 0. The maximum absolute atomic E-state index is 13.6. The lowest BCUT2D eigenvalue weighted by Gasteiger charge is -2.32. The van der Waals surface area contributed by atoms with E-state index in [-0.39, 0.29) is 30.2 Å². The number of methoxy groups -OCH3 is 2. The molecule has 0 N–H and O–H groups in total. The molecule has 2 unspecified atom stereocenters. The first-order chi connectivity index (χ1) is 17.4. The molecule has 2 heterocycles. The molecule has 0 radical (unpaired) electrons. The lowest BCUT2D eigenvalue weighted by molar-refractivity contribution is -0.150. The molecule has 0 aliphatic carbocycles. The molecular formula is C27H32FN3O5. The quantitative estimate of drug-likeness (QED) is 0.516. The van der Waals surface area contributed by atoms with Gasteiger partial charge in [-0.2, -0.15) is 5.10 Å². The molecule has 2 atom stereocenters. The van der Waals surface area contributed by atoms with Gasteiger partial charge in [-0.25, -0.2) is 9.40 Å². The van der Waals surface area contributed by atoms with Crippen molar-refractivity contribution in [3.63, 3.8) is 0 Å². The highest BCUT2D eigenvalue weighted by molar-refractivity contribution is 6.03. The molecule has 2 aliphatic rings. The molecule has 2 aromatic rings. The summed E-state index contributed by atoms with van der Waals surface area (Å²) < 4.78 is 29.7. The third-order valence-electron chi connectivity index (χ3n) is 6.63. The number of hydrogen-bond acceptors (Lipinski definition) is 7. The zero-order valence-electron chi connectivity index (χ0n) is 20.9. The van der Waals surface area contributed by atoms with E-state index in [1.807, 2.05) is 17.0 Å². The molecule has 2 aliphatic heterocycles. The second-order valence-corrected chi connectivity index (χ2v) is 8.95. The van der Waals surface area contributed by atoms with E-state index in [2.05, 4.69) is 5.10 Å². The summed E-state index contributed by atoms with van der Waals surface area (Å²) in [5, 5.41) is 6.18. The van der Waals surface area contributed by atoms with E-state index in [0.717, 1.165) is 30.5 Å². The number of esters is 1. The Balaban J connectivity index is 1.59. The minimum absolute atomic E-state index is 0.130. The summed E-state index contributed by atoms with van der Waals surface area (Å²) in [6.45, 7) is 3.46. The van der Waals surface area contributed by atoms with Crippen LogP contribution in [0.25, 0.3) is 0 Å². The fourth-order valence-electron chi connectivity index (χ4n) is 4.81. The second-order valence-electron chi connectivity index (χ2n) is 8.95. The van der Waals surface area contributed by atoms with Crippen molar-refractivity contribution < 1.29 is 28.2 Å². The SMILES string of the molecule is CCOC(=O)C1CCCN(CC(=O)N2N=C(c3ccc(F)cc3)CC2c2ccc(OC)cc2OC)C1. The van der Waals surface area contributed by atoms with E-state index in [1.165, 1.54) is 17.1 Å². The molecule has 0 aromatic heterocycles. The Morgan fingerprint density at radius 1 is 1.11 bits per heavy atom. The lowest BCUT2D eigenvalue weighted by atomic mass is 9.97. The van der Waals surface area contributed by atoms with E-state index in [4.69, 9.17) is 14.2 Å². The van der Waals surface area contributed by atoms with Crippen molar-refractivity contribution in [3.05, 3.63) is 59.4 Å². The van der Waals surface area contributed by atoms with Crippen LogP contribution < -0.4 is 9.47 Å². The van der Waals surface area contributed by atoms with Crippen molar-refractivity contribution in [1.29, 1.82) is 0 Å². The van der Waals surface area contributed by atoms with Gasteiger partial charge in [-0.1, -0.05) is 12.1 Å². The molecule has 1 saturated heterocycles. The number of ether oxygens (including phenoxy) is 3. The maximum atomic E-state index is 13.6. The van der Waals surface area contributed by atoms with E-state index in [0.29, 0.717) is 36.8 Å². The Kier molecular flexibility index (Phi) is 8.20. The molecule has 0 bridgehead atoms. The van der Waals surface area contributed by atoms with Crippen LogP contribution in [0.1, 0.15) is 43.4 Å². The van der Waals surface area contributed by atoms with Gasteiger partial charge in [-0.05, 0) is 56.1 Å². The van der Waals surface area contributed by atoms with Gasteiger partial charge < -0.3 is 14.2 Å². The van der Waals surface area contributed by atoms with Gasteiger partial charge in [0.25, 0.3) is 5.91 Å². The van der Waals surface area contributed by atoms with Crippen LogP contribution in [-0.2, 0) is 14.3 Å². The van der Waals surface area contributed by atoms with Crippen molar-refractivity contribution in [2.24, 2.45) is 11.0 Å². The zero-order chi connectivity index (χ0) is 25.7. The number of carbonyl (C=O) groups excluding carboxylic acids is 2.